The molecule has 18 heavy (non-hydrogen) atoms. The molecule has 0 bridgehead atoms. The first-order valence-corrected chi connectivity index (χ1v) is 6.76. The van der Waals surface area contributed by atoms with Crippen LogP contribution in [-0.2, 0) is 6.42 Å². The Morgan fingerprint density at radius 3 is 2.44 bits per heavy atom. The summed E-state index contributed by atoms with van der Waals surface area (Å²) >= 11 is 0. The number of allylic oxidation sites excluding steroid dienone is 4. The van der Waals surface area contributed by atoms with Gasteiger partial charge in [0.15, 0.2) is 0 Å². The van der Waals surface area contributed by atoms with Crippen LogP contribution in [0, 0.1) is 0 Å². The lowest BCUT2D eigenvalue weighted by Crippen LogP contribution is -2.02. The molecule has 0 fully saturated rings. The highest BCUT2D eigenvalue weighted by molar-refractivity contribution is 5.80. The Bertz CT molecular complexity index is 422. The highest BCUT2D eigenvalue weighted by Crippen LogP contribution is 2.32. The van der Waals surface area contributed by atoms with Gasteiger partial charge in [0.2, 0.25) is 0 Å². The molecule has 2 heteroatoms. The number of aromatic nitrogens is 2. The first-order chi connectivity index (χ1) is 8.68. The van der Waals surface area contributed by atoms with Gasteiger partial charge in [-0.05, 0) is 30.9 Å². The van der Waals surface area contributed by atoms with Crippen LogP contribution in [0.25, 0.3) is 5.57 Å². The summed E-state index contributed by atoms with van der Waals surface area (Å²) in [5.74, 6) is 0. The smallest absolute Gasteiger partial charge is 0.0568 e. The summed E-state index contributed by atoms with van der Waals surface area (Å²) in [5.41, 5.74) is 5.81. The average Bonchev–Trinajstić information content (AvgIpc) is 2.86. The number of aryl methyl sites for hydroxylation is 1. The van der Waals surface area contributed by atoms with E-state index in [1.54, 1.807) is 0 Å². The van der Waals surface area contributed by atoms with Gasteiger partial charge >= 0.3 is 0 Å². The Morgan fingerprint density at radius 2 is 1.89 bits per heavy atom. The molecule has 1 aromatic heterocycles. The zero-order valence-corrected chi connectivity index (χ0v) is 12.4. The second-order valence-corrected chi connectivity index (χ2v) is 3.76. The maximum Gasteiger partial charge on any atom is 0.0568 e. The van der Waals surface area contributed by atoms with Gasteiger partial charge in [-0.2, -0.15) is 5.10 Å². The first-order valence-electron chi connectivity index (χ1n) is 6.76. The molecular formula is C16H26N2. The third-order valence-corrected chi connectivity index (χ3v) is 2.50. The van der Waals surface area contributed by atoms with Crippen molar-refractivity contribution in [3.05, 3.63) is 47.8 Å². The molecule has 0 saturated heterocycles. The Hall–Kier alpha value is -1.57. The number of nitrogens with one attached hydrogen (secondary N) is 1. The molecule has 0 spiro atoms. The van der Waals surface area contributed by atoms with Crippen LogP contribution < -0.4 is 0 Å². The van der Waals surface area contributed by atoms with Crippen molar-refractivity contribution in [3.63, 3.8) is 0 Å². The second-order valence-electron chi connectivity index (χ2n) is 3.76. The molecule has 1 aliphatic carbocycles. The van der Waals surface area contributed by atoms with E-state index in [0.29, 0.717) is 0 Å². The molecule has 0 saturated carbocycles. The summed E-state index contributed by atoms with van der Waals surface area (Å²) in [5, 5.41) is 7.03. The lowest BCUT2D eigenvalue weighted by Gasteiger charge is -2.17. The van der Waals surface area contributed by atoms with Crippen molar-refractivity contribution in [3.8, 4) is 0 Å². The van der Waals surface area contributed by atoms with E-state index in [4.69, 9.17) is 0 Å². The predicted molar refractivity (Wildman–Crippen MR) is 81.5 cm³/mol. The lowest BCUT2D eigenvalue weighted by atomic mass is 9.88. The third kappa shape index (κ3) is 4.02. The fourth-order valence-corrected chi connectivity index (χ4v) is 1.80. The summed E-state index contributed by atoms with van der Waals surface area (Å²) in [7, 11) is 0. The van der Waals surface area contributed by atoms with Crippen molar-refractivity contribution in [2.75, 3.05) is 0 Å². The van der Waals surface area contributed by atoms with E-state index in [1.807, 2.05) is 40.8 Å². The van der Waals surface area contributed by atoms with Crippen molar-refractivity contribution in [1.29, 1.82) is 0 Å². The maximum atomic E-state index is 4.09. The third-order valence-electron chi connectivity index (χ3n) is 2.50. The molecule has 100 valence electrons. The van der Waals surface area contributed by atoms with E-state index in [2.05, 4.69) is 29.4 Å². The summed E-state index contributed by atoms with van der Waals surface area (Å²) in [6.45, 7) is 18.0. The Labute approximate surface area is 112 Å². The maximum absolute atomic E-state index is 4.09. The number of H-pyrrole nitrogens is 1. The van der Waals surface area contributed by atoms with Gasteiger partial charge in [0.1, 0.15) is 0 Å². The number of aromatic amines is 1. The van der Waals surface area contributed by atoms with Gasteiger partial charge in [-0.15, -0.1) is 0 Å². The second kappa shape index (κ2) is 8.51. The van der Waals surface area contributed by atoms with Gasteiger partial charge in [0.05, 0.1) is 6.20 Å². The molecule has 2 rings (SSSR count). The van der Waals surface area contributed by atoms with Crippen molar-refractivity contribution in [1.82, 2.24) is 10.2 Å². The van der Waals surface area contributed by atoms with E-state index in [-0.39, 0.29) is 0 Å². The van der Waals surface area contributed by atoms with Crippen LogP contribution in [0.1, 0.15) is 52.3 Å². The van der Waals surface area contributed by atoms with Crippen LogP contribution >= 0.6 is 0 Å². The molecule has 0 atom stereocenters. The average molecular weight is 246 g/mol. The molecule has 2 nitrogen and oxygen atoms in total. The fourth-order valence-electron chi connectivity index (χ4n) is 1.80. The summed E-state index contributed by atoms with van der Waals surface area (Å²) in [6.07, 6.45) is 6.01. The van der Waals surface area contributed by atoms with Crippen molar-refractivity contribution in [2.24, 2.45) is 0 Å². The summed E-state index contributed by atoms with van der Waals surface area (Å²) in [4.78, 5) is 0. The van der Waals surface area contributed by atoms with Crippen molar-refractivity contribution >= 4 is 5.57 Å². The Morgan fingerprint density at radius 1 is 1.28 bits per heavy atom. The SMILES string of the molecule is C=C(C)/C=C1/CCc2[nH]ncc2C1=C.CC.CC. The molecule has 1 heterocycles. The van der Waals surface area contributed by atoms with Gasteiger partial charge in [-0.1, -0.05) is 52.5 Å². The van der Waals surface area contributed by atoms with E-state index < -0.39 is 0 Å². The largest absolute Gasteiger partial charge is 0.282 e. The van der Waals surface area contributed by atoms with Crippen LogP contribution in [0.3, 0.4) is 0 Å². The quantitative estimate of drug-likeness (QED) is 0.748. The predicted octanol–water partition coefficient (Wildman–Crippen LogP) is 4.92. The molecule has 0 radical (unpaired) electrons. The zero-order chi connectivity index (χ0) is 14.1. The fraction of sp³-hybridized carbons (Fsp3) is 0.438. The summed E-state index contributed by atoms with van der Waals surface area (Å²) < 4.78 is 0. The number of hydrogen-bond acceptors (Lipinski definition) is 1. The molecular weight excluding hydrogens is 220 g/mol. The molecule has 0 aliphatic heterocycles. The monoisotopic (exact) mass is 246 g/mol. The minimum Gasteiger partial charge on any atom is -0.282 e. The van der Waals surface area contributed by atoms with E-state index >= 15 is 0 Å². The Kier molecular flexibility index (Phi) is 7.77. The highest BCUT2D eigenvalue weighted by Gasteiger charge is 2.17. The first kappa shape index (κ1) is 16.4. The topological polar surface area (TPSA) is 28.7 Å². The van der Waals surface area contributed by atoms with Crippen LogP contribution in [-0.4, -0.2) is 10.2 Å². The number of hydrogen-bond donors (Lipinski definition) is 1. The van der Waals surface area contributed by atoms with Crippen LogP contribution in [0.4, 0.5) is 0 Å². The standard InChI is InChI=1S/C12H14N2.2C2H6/c1-8(2)6-10-4-5-12-11(9(10)3)7-13-14-12;2*1-2/h6-7H,1,3-5H2,2H3,(H,13,14);2*1-2H3/b10-6-;;. The number of nitrogens with zero attached hydrogens (tertiary/aromatic N) is 1. The van der Waals surface area contributed by atoms with Crippen LogP contribution in [0.2, 0.25) is 0 Å². The number of rotatable bonds is 1. The molecule has 0 aromatic carbocycles. The van der Waals surface area contributed by atoms with E-state index in [0.717, 1.165) is 29.6 Å². The highest BCUT2D eigenvalue weighted by atomic mass is 15.1. The van der Waals surface area contributed by atoms with Gasteiger partial charge in [-0.3, -0.25) is 5.10 Å². The van der Waals surface area contributed by atoms with Gasteiger partial charge < -0.3 is 0 Å². The molecule has 1 aliphatic rings. The van der Waals surface area contributed by atoms with Crippen molar-refractivity contribution in [2.45, 2.75) is 47.5 Å². The van der Waals surface area contributed by atoms with Crippen LogP contribution in [0.15, 0.2) is 36.6 Å². The van der Waals surface area contributed by atoms with Crippen LogP contribution in [0.5, 0.6) is 0 Å². The van der Waals surface area contributed by atoms with E-state index in [1.165, 1.54) is 11.3 Å². The summed E-state index contributed by atoms with van der Waals surface area (Å²) in [6, 6.07) is 0. The molecule has 1 aromatic rings. The lowest BCUT2D eigenvalue weighted by molar-refractivity contribution is 0.880. The molecule has 0 unspecified atom stereocenters. The molecule has 0 amide bonds. The number of fused-ring (bicyclic) bond motifs is 1. The minimum absolute atomic E-state index is 1.02. The van der Waals surface area contributed by atoms with Gasteiger partial charge in [0, 0.05) is 11.3 Å². The molecule has 1 N–H and O–H groups in total. The Balaban J connectivity index is 0.000000659. The zero-order valence-electron chi connectivity index (χ0n) is 12.4. The van der Waals surface area contributed by atoms with E-state index in [9.17, 15) is 0 Å². The van der Waals surface area contributed by atoms with Gasteiger partial charge in [-0.25, -0.2) is 0 Å². The van der Waals surface area contributed by atoms with Crippen molar-refractivity contribution < 1.29 is 0 Å². The minimum atomic E-state index is 1.02. The normalized spacial score (nSPS) is 14.9. The van der Waals surface area contributed by atoms with Gasteiger partial charge in [0.25, 0.3) is 0 Å².